The van der Waals surface area contributed by atoms with Crippen LogP contribution in [0.2, 0.25) is 0 Å². The van der Waals surface area contributed by atoms with Gasteiger partial charge in [-0.2, -0.15) is 0 Å². The lowest BCUT2D eigenvalue weighted by Crippen LogP contribution is -2.18. The predicted octanol–water partition coefficient (Wildman–Crippen LogP) is 4.55. The second-order valence-corrected chi connectivity index (χ2v) is 8.88. The first-order valence-corrected chi connectivity index (χ1v) is 7.99. The van der Waals surface area contributed by atoms with E-state index in [-0.39, 0.29) is 10.8 Å². The Bertz CT molecular complexity index is 501. The quantitative estimate of drug-likeness (QED) is 0.804. The minimum absolute atomic E-state index is 0.201. The smallest absolute Gasteiger partial charge is 0.316 e. The molecule has 0 saturated carbocycles. The number of aliphatic carboxylic acids is 1. The zero-order valence-corrected chi connectivity index (χ0v) is 14.8. The summed E-state index contributed by atoms with van der Waals surface area (Å²) in [6.07, 6.45) is 0. The molecular weight excluding hydrogens is 284 g/mol. The van der Waals surface area contributed by atoms with Crippen LogP contribution in [-0.2, 0) is 15.6 Å². The number of carboxylic acid groups (broad SMARTS) is 1. The number of rotatable bonds is 3. The van der Waals surface area contributed by atoms with Crippen LogP contribution in [0, 0.1) is 0 Å². The van der Waals surface area contributed by atoms with Crippen molar-refractivity contribution in [1.82, 2.24) is 0 Å². The molecule has 0 aliphatic carbocycles. The molecule has 0 aromatic heterocycles. The molecule has 0 saturated heterocycles. The van der Waals surface area contributed by atoms with Crippen LogP contribution in [0.1, 0.15) is 59.6 Å². The van der Waals surface area contributed by atoms with Crippen molar-refractivity contribution in [2.75, 3.05) is 0 Å². The molecule has 0 spiro atoms. The summed E-state index contributed by atoms with van der Waals surface area (Å²) in [5.74, 6) is -0.509. The van der Waals surface area contributed by atoms with Crippen molar-refractivity contribution in [3.8, 4) is 5.75 Å². The average molecular weight is 310 g/mol. The van der Waals surface area contributed by atoms with E-state index in [0.717, 1.165) is 16.0 Å². The first-order chi connectivity index (χ1) is 9.34. The van der Waals surface area contributed by atoms with Crippen LogP contribution < -0.4 is 0 Å². The number of hydrogen-bond donors (Lipinski definition) is 2. The maximum absolute atomic E-state index is 11.1. The number of benzene rings is 1. The monoisotopic (exact) mass is 310 g/mol. The number of phenolic OH excluding ortho intramolecular Hbond substituents is 1. The van der Waals surface area contributed by atoms with Gasteiger partial charge in [0.1, 0.15) is 11.0 Å². The molecule has 0 aliphatic heterocycles. The molecule has 0 fully saturated rings. The van der Waals surface area contributed by atoms with E-state index in [0.29, 0.717) is 5.75 Å². The van der Waals surface area contributed by atoms with Crippen molar-refractivity contribution in [3.05, 3.63) is 23.3 Å². The Hall–Kier alpha value is -1.16. The van der Waals surface area contributed by atoms with Gasteiger partial charge in [0.05, 0.1) is 0 Å². The number of thioether (sulfide) groups is 1. The van der Waals surface area contributed by atoms with Gasteiger partial charge in [0.25, 0.3) is 0 Å². The molecule has 1 atom stereocenters. The summed E-state index contributed by atoms with van der Waals surface area (Å²) in [6.45, 7) is 13.9. The highest BCUT2D eigenvalue weighted by molar-refractivity contribution is 8.00. The van der Waals surface area contributed by atoms with Crippen molar-refractivity contribution >= 4 is 17.7 Å². The van der Waals surface area contributed by atoms with E-state index in [1.54, 1.807) is 6.92 Å². The maximum atomic E-state index is 11.1. The van der Waals surface area contributed by atoms with Gasteiger partial charge in [-0.25, -0.2) is 0 Å². The third kappa shape index (κ3) is 4.40. The van der Waals surface area contributed by atoms with E-state index >= 15 is 0 Å². The Labute approximate surface area is 131 Å². The molecule has 4 heteroatoms. The fourth-order valence-electron chi connectivity index (χ4n) is 2.07. The fraction of sp³-hybridized carbons (Fsp3) is 0.588. The third-order valence-electron chi connectivity index (χ3n) is 3.36. The van der Waals surface area contributed by atoms with E-state index in [1.807, 2.05) is 53.7 Å². The van der Waals surface area contributed by atoms with Crippen molar-refractivity contribution in [3.63, 3.8) is 0 Å². The van der Waals surface area contributed by atoms with Crippen molar-refractivity contribution in [1.29, 1.82) is 0 Å². The number of hydrogen-bond acceptors (Lipinski definition) is 3. The first-order valence-electron chi connectivity index (χ1n) is 7.11. The largest absolute Gasteiger partial charge is 0.507 e. The summed E-state index contributed by atoms with van der Waals surface area (Å²) in [4.78, 5) is 12.0. The molecule has 1 rings (SSSR count). The molecule has 2 N–H and O–H groups in total. The van der Waals surface area contributed by atoms with Gasteiger partial charge in [-0.3, -0.25) is 4.79 Å². The highest BCUT2D eigenvalue weighted by Gasteiger charge is 2.27. The van der Waals surface area contributed by atoms with Crippen LogP contribution in [0.3, 0.4) is 0 Å². The molecule has 1 aromatic rings. The highest BCUT2D eigenvalue weighted by Crippen LogP contribution is 2.42. The van der Waals surface area contributed by atoms with Crippen LogP contribution in [-0.4, -0.2) is 21.4 Å². The Morgan fingerprint density at radius 3 is 1.71 bits per heavy atom. The molecule has 0 amide bonds. The first kappa shape index (κ1) is 17.9. The van der Waals surface area contributed by atoms with Crippen molar-refractivity contribution < 1.29 is 15.0 Å². The van der Waals surface area contributed by atoms with Gasteiger partial charge in [0.2, 0.25) is 0 Å². The van der Waals surface area contributed by atoms with E-state index in [1.165, 1.54) is 11.8 Å². The van der Waals surface area contributed by atoms with Gasteiger partial charge in [-0.05, 0) is 29.9 Å². The maximum Gasteiger partial charge on any atom is 0.316 e. The van der Waals surface area contributed by atoms with Crippen LogP contribution >= 0.6 is 11.8 Å². The SMILES string of the molecule is C[C@@H](Sc1cc(C(C)(C)C)c(O)c(C(C)(C)C)c1)C(=O)O. The molecule has 0 aliphatic rings. The van der Waals surface area contributed by atoms with Gasteiger partial charge in [-0.1, -0.05) is 41.5 Å². The van der Waals surface area contributed by atoms with E-state index in [9.17, 15) is 9.90 Å². The van der Waals surface area contributed by atoms with Crippen molar-refractivity contribution in [2.45, 2.75) is 69.4 Å². The standard InChI is InChI=1S/C17H26O3S/c1-10(15(19)20)21-11-8-12(16(2,3)4)14(18)13(9-11)17(5,6)7/h8-10,18H,1-7H3,(H,19,20)/t10-/m1/s1. The van der Waals surface area contributed by atoms with Crippen molar-refractivity contribution in [2.24, 2.45) is 0 Å². The Kier molecular flexibility index (Phi) is 5.04. The second kappa shape index (κ2) is 5.91. The Morgan fingerprint density at radius 1 is 1.05 bits per heavy atom. The summed E-state index contributed by atoms with van der Waals surface area (Å²) < 4.78 is 0. The van der Waals surface area contributed by atoms with Gasteiger partial charge in [-0.15, -0.1) is 11.8 Å². The molecule has 3 nitrogen and oxygen atoms in total. The topological polar surface area (TPSA) is 57.5 Å². The van der Waals surface area contributed by atoms with Crippen LogP contribution in [0.4, 0.5) is 0 Å². The van der Waals surface area contributed by atoms with Crippen LogP contribution in [0.5, 0.6) is 5.75 Å². The summed E-state index contributed by atoms with van der Waals surface area (Å²) in [6, 6.07) is 3.82. The highest BCUT2D eigenvalue weighted by atomic mass is 32.2. The Morgan fingerprint density at radius 2 is 1.43 bits per heavy atom. The van der Waals surface area contributed by atoms with Gasteiger partial charge in [0.15, 0.2) is 0 Å². The molecular formula is C17H26O3S. The van der Waals surface area contributed by atoms with Crippen LogP contribution in [0.25, 0.3) is 0 Å². The molecule has 1 aromatic carbocycles. The van der Waals surface area contributed by atoms with E-state index < -0.39 is 11.2 Å². The average Bonchev–Trinajstić information content (AvgIpc) is 2.27. The minimum Gasteiger partial charge on any atom is -0.507 e. The number of carboxylic acids is 1. The molecule has 0 bridgehead atoms. The number of phenols is 1. The van der Waals surface area contributed by atoms with E-state index in [2.05, 4.69) is 0 Å². The van der Waals surface area contributed by atoms with Gasteiger partial charge < -0.3 is 10.2 Å². The summed E-state index contributed by atoms with van der Waals surface area (Å²) >= 11 is 1.31. The Balaban J connectivity index is 3.44. The number of aromatic hydroxyl groups is 1. The summed E-state index contributed by atoms with van der Waals surface area (Å²) in [5, 5.41) is 19.2. The summed E-state index contributed by atoms with van der Waals surface area (Å²) in [7, 11) is 0. The fourth-order valence-corrected chi connectivity index (χ4v) is 2.95. The van der Waals surface area contributed by atoms with Crippen LogP contribution in [0.15, 0.2) is 17.0 Å². The number of carbonyl (C=O) groups is 1. The molecule has 118 valence electrons. The second-order valence-electron chi connectivity index (χ2n) is 7.47. The third-order valence-corrected chi connectivity index (χ3v) is 4.42. The predicted molar refractivity (Wildman–Crippen MR) is 88.5 cm³/mol. The van der Waals surface area contributed by atoms with Gasteiger partial charge >= 0.3 is 5.97 Å². The lowest BCUT2D eigenvalue weighted by molar-refractivity contribution is -0.136. The molecule has 21 heavy (non-hydrogen) atoms. The zero-order chi connectivity index (χ0) is 16.6. The summed E-state index contributed by atoms with van der Waals surface area (Å²) in [5.41, 5.74) is 1.31. The zero-order valence-electron chi connectivity index (χ0n) is 13.9. The lowest BCUT2D eigenvalue weighted by Gasteiger charge is -2.28. The van der Waals surface area contributed by atoms with Gasteiger partial charge in [0, 0.05) is 16.0 Å². The minimum atomic E-state index is -0.831. The lowest BCUT2D eigenvalue weighted by atomic mass is 9.79. The molecule has 0 radical (unpaired) electrons. The van der Waals surface area contributed by atoms with E-state index in [4.69, 9.17) is 5.11 Å². The molecule has 0 unspecified atom stereocenters. The normalized spacial score (nSPS) is 14.0. The molecule has 0 heterocycles.